The van der Waals surface area contributed by atoms with Crippen molar-refractivity contribution in [2.75, 3.05) is 51.9 Å². The second-order valence-electron chi connectivity index (χ2n) is 5.60. The van der Waals surface area contributed by atoms with Crippen molar-refractivity contribution in [1.82, 2.24) is 14.5 Å². The third-order valence-corrected chi connectivity index (χ3v) is 4.14. The van der Waals surface area contributed by atoms with Crippen molar-refractivity contribution in [3.05, 3.63) is 36.7 Å². The fraction of sp³-hybridized carbons (Fsp3) is 0.412. The van der Waals surface area contributed by atoms with Gasteiger partial charge in [-0.3, -0.25) is 9.36 Å². The Kier molecular flexibility index (Phi) is 5.00. The predicted octanol–water partition coefficient (Wildman–Crippen LogP) is 1.18. The lowest BCUT2D eigenvalue weighted by Gasteiger charge is -2.35. The van der Waals surface area contributed by atoms with Crippen LogP contribution in [-0.4, -0.2) is 67.4 Å². The van der Waals surface area contributed by atoms with Gasteiger partial charge in [0.25, 0.3) is 0 Å². The van der Waals surface area contributed by atoms with Gasteiger partial charge in [0.05, 0.1) is 12.8 Å². The molecule has 2 aromatic rings. The molecule has 1 saturated heterocycles. The summed E-state index contributed by atoms with van der Waals surface area (Å²) in [7, 11) is 3.20. The number of benzene rings is 1. The molecule has 1 fully saturated rings. The van der Waals surface area contributed by atoms with Crippen molar-refractivity contribution < 1.29 is 14.3 Å². The summed E-state index contributed by atoms with van der Waals surface area (Å²) in [5.74, 6) is 1.72. The number of anilines is 1. The standard InChI is InChI=1S/C17H22N4O3/c1-23-13-16(22)19-8-10-20(11-9-19)17-18-6-7-21(17)14-4-3-5-15(12-14)24-2/h3-7,12H,8-11,13H2,1-2H3. The first kappa shape index (κ1) is 16.3. The maximum Gasteiger partial charge on any atom is 0.248 e. The van der Waals surface area contributed by atoms with Gasteiger partial charge in [-0.1, -0.05) is 6.07 Å². The summed E-state index contributed by atoms with van der Waals surface area (Å²) in [6.07, 6.45) is 3.73. The van der Waals surface area contributed by atoms with Crippen LogP contribution in [0, 0.1) is 0 Å². The summed E-state index contributed by atoms with van der Waals surface area (Å²) in [4.78, 5) is 20.4. The van der Waals surface area contributed by atoms with E-state index < -0.39 is 0 Å². The van der Waals surface area contributed by atoms with Crippen molar-refractivity contribution in [2.45, 2.75) is 0 Å². The van der Waals surface area contributed by atoms with Gasteiger partial charge in [0.1, 0.15) is 12.4 Å². The Morgan fingerprint density at radius 3 is 2.71 bits per heavy atom. The summed E-state index contributed by atoms with van der Waals surface area (Å²) >= 11 is 0. The molecule has 0 spiro atoms. The second-order valence-corrected chi connectivity index (χ2v) is 5.60. The maximum absolute atomic E-state index is 11.9. The van der Waals surface area contributed by atoms with Gasteiger partial charge in [-0.05, 0) is 12.1 Å². The summed E-state index contributed by atoms with van der Waals surface area (Å²) in [5, 5.41) is 0. The SMILES string of the molecule is COCC(=O)N1CCN(c2nccn2-c2cccc(OC)c2)CC1. The van der Waals surface area contributed by atoms with E-state index in [2.05, 4.69) is 9.88 Å². The van der Waals surface area contributed by atoms with Crippen LogP contribution < -0.4 is 9.64 Å². The summed E-state index contributed by atoms with van der Waals surface area (Å²) in [6.45, 7) is 2.98. The highest BCUT2D eigenvalue weighted by Gasteiger charge is 2.23. The van der Waals surface area contributed by atoms with Crippen molar-refractivity contribution in [3.63, 3.8) is 0 Å². The van der Waals surface area contributed by atoms with E-state index in [0.29, 0.717) is 13.1 Å². The largest absolute Gasteiger partial charge is 0.497 e. The van der Waals surface area contributed by atoms with Crippen LogP contribution in [0.2, 0.25) is 0 Å². The lowest BCUT2D eigenvalue weighted by Crippen LogP contribution is -2.50. The van der Waals surface area contributed by atoms with Crippen LogP contribution in [0.4, 0.5) is 5.95 Å². The highest BCUT2D eigenvalue weighted by atomic mass is 16.5. The molecule has 0 saturated carbocycles. The third kappa shape index (κ3) is 3.35. The number of hydrogen-bond donors (Lipinski definition) is 0. The van der Waals surface area contributed by atoms with Crippen molar-refractivity contribution in [1.29, 1.82) is 0 Å². The lowest BCUT2D eigenvalue weighted by molar-refractivity contribution is -0.135. The average molecular weight is 330 g/mol. The molecule has 1 aliphatic heterocycles. The van der Waals surface area contributed by atoms with Crippen LogP contribution in [0.15, 0.2) is 36.7 Å². The van der Waals surface area contributed by atoms with Gasteiger partial charge in [0, 0.05) is 51.7 Å². The Labute approximate surface area is 141 Å². The van der Waals surface area contributed by atoms with Gasteiger partial charge in [-0.25, -0.2) is 4.98 Å². The first-order chi connectivity index (χ1) is 11.7. The molecule has 1 aromatic heterocycles. The molecule has 0 unspecified atom stereocenters. The molecule has 1 amide bonds. The van der Waals surface area contributed by atoms with Crippen molar-refractivity contribution >= 4 is 11.9 Å². The molecule has 0 bridgehead atoms. The van der Waals surface area contributed by atoms with E-state index in [1.165, 1.54) is 0 Å². The number of piperazine rings is 1. The van der Waals surface area contributed by atoms with Gasteiger partial charge in [-0.2, -0.15) is 0 Å². The Bertz CT molecular complexity index is 693. The quantitative estimate of drug-likeness (QED) is 0.824. The third-order valence-electron chi connectivity index (χ3n) is 4.14. The first-order valence-corrected chi connectivity index (χ1v) is 7.92. The maximum atomic E-state index is 11.9. The van der Waals surface area contributed by atoms with Gasteiger partial charge in [-0.15, -0.1) is 0 Å². The average Bonchev–Trinajstić information content (AvgIpc) is 3.12. The first-order valence-electron chi connectivity index (χ1n) is 7.92. The van der Waals surface area contributed by atoms with Crippen molar-refractivity contribution in [3.8, 4) is 11.4 Å². The van der Waals surface area contributed by atoms with Crippen LogP contribution in [0.1, 0.15) is 0 Å². The Morgan fingerprint density at radius 1 is 1.21 bits per heavy atom. The minimum Gasteiger partial charge on any atom is -0.497 e. The molecule has 128 valence electrons. The molecule has 24 heavy (non-hydrogen) atoms. The number of aromatic nitrogens is 2. The van der Waals surface area contributed by atoms with Crippen LogP contribution in [0.3, 0.4) is 0 Å². The molecule has 0 N–H and O–H groups in total. The summed E-state index contributed by atoms with van der Waals surface area (Å²) < 4.78 is 12.3. The van der Waals surface area contributed by atoms with E-state index in [4.69, 9.17) is 9.47 Å². The highest BCUT2D eigenvalue weighted by molar-refractivity contribution is 5.77. The zero-order valence-electron chi connectivity index (χ0n) is 14.0. The Hall–Kier alpha value is -2.54. The molecule has 0 radical (unpaired) electrons. The van der Waals surface area contributed by atoms with E-state index in [-0.39, 0.29) is 12.5 Å². The topological polar surface area (TPSA) is 59.8 Å². The molecule has 0 aliphatic carbocycles. The van der Waals surface area contributed by atoms with Crippen LogP contribution in [0.25, 0.3) is 5.69 Å². The molecule has 1 aromatic carbocycles. The molecule has 7 heteroatoms. The minimum absolute atomic E-state index is 0.0355. The fourth-order valence-corrected chi connectivity index (χ4v) is 2.86. The fourth-order valence-electron chi connectivity index (χ4n) is 2.86. The zero-order chi connectivity index (χ0) is 16.9. The normalized spacial score (nSPS) is 14.8. The molecule has 2 heterocycles. The minimum atomic E-state index is 0.0355. The smallest absolute Gasteiger partial charge is 0.248 e. The second kappa shape index (κ2) is 7.35. The molecular weight excluding hydrogens is 308 g/mol. The van der Waals surface area contributed by atoms with Gasteiger partial charge >= 0.3 is 0 Å². The van der Waals surface area contributed by atoms with E-state index >= 15 is 0 Å². The monoisotopic (exact) mass is 330 g/mol. The lowest BCUT2D eigenvalue weighted by atomic mass is 10.3. The van der Waals surface area contributed by atoms with E-state index in [9.17, 15) is 4.79 Å². The van der Waals surface area contributed by atoms with E-state index in [1.807, 2.05) is 39.9 Å². The van der Waals surface area contributed by atoms with Crippen LogP contribution in [0.5, 0.6) is 5.75 Å². The Morgan fingerprint density at radius 2 is 2.00 bits per heavy atom. The highest BCUT2D eigenvalue weighted by Crippen LogP contribution is 2.22. The van der Waals surface area contributed by atoms with Gasteiger partial charge in [0.2, 0.25) is 11.9 Å². The van der Waals surface area contributed by atoms with E-state index in [1.54, 1.807) is 20.4 Å². The number of amides is 1. The van der Waals surface area contributed by atoms with E-state index in [0.717, 1.165) is 30.5 Å². The van der Waals surface area contributed by atoms with Gasteiger partial charge < -0.3 is 19.3 Å². The molecule has 0 atom stereocenters. The number of carbonyl (C=O) groups excluding carboxylic acids is 1. The van der Waals surface area contributed by atoms with Crippen LogP contribution >= 0.6 is 0 Å². The summed E-state index contributed by atoms with van der Waals surface area (Å²) in [6, 6.07) is 7.87. The zero-order valence-corrected chi connectivity index (χ0v) is 14.0. The van der Waals surface area contributed by atoms with Crippen molar-refractivity contribution in [2.24, 2.45) is 0 Å². The number of methoxy groups -OCH3 is 2. The molecular formula is C17H22N4O3. The Balaban J connectivity index is 1.73. The number of nitrogens with zero attached hydrogens (tertiary/aromatic N) is 4. The number of hydrogen-bond acceptors (Lipinski definition) is 5. The van der Waals surface area contributed by atoms with Crippen LogP contribution in [-0.2, 0) is 9.53 Å². The number of rotatable bonds is 5. The van der Waals surface area contributed by atoms with Gasteiger partial charge in [0.15, 0.2) is 0 Å². The predicted molar refractivity (Wildman–Crippen MR) is 90.8 cm³/mol. The number of imidazole rings is 1. The number of carbonyl (C=O) groups is 1. The number of ether oxygens (including phenoxy) is 2. The molecule has 7 nitrogen and oxygen atoms in total. The molecule has 1 aliphatic rings. The molecule has 3 rings (SSSR count). The summed E-state index contributed by atoms with van der Waals surface area (Å²) in [5.41, 5.74) is 1.000.